The van der Waals surface area contributed by atoms with Crippen molar-refractivity contribution in [2.45, 2.75) is 25.3 Å². The number of carbonyl (C=O) groups excluding carboxylic acids is 1. The van der Waals surface area contributed by atoms with Crippen molar-refractivity contribution < 1.29 is 4.79 Å². The van der Waals surface area contributed by atoms with Crippen LogP contribution in [0.2, 0.25) is 0 Å². The van der Waals surface area contributed by atoms with E-state index < -0.39 is 5.41 Å². The first-order valence-corrected chi connectivity index (χ1v) is 7.23. The Balaban J connectivity index is 2.03. The first-order chi connectivity index (χ1) is 10.2. The Morgan fingerprint density at radius 2 is 1.76 bits per heavy atom. The molecule has 106 valence electrons. The van der Waals surface area contributed by atoms with Crippen molar-refractivity contribution in [3.63, 3.8) is 0 Å². The van der Waals surface area contributed by atoms with E-state index in [0.717, 1.165) is 16.8 Å². The van der Waals surface area contributed by atoms with Gasteiger partial charge in [-0.2, -0.15) is 0 Å². The molecule has 1 aliphatic heterocycles. The second-order valence-corrected chi connectivity index (χ2v) is 5.72. The Hall–Kier alpha value is -2.35. The maximum atomic E-state index is 13.0. The SMILES string of the molecule is C=CCC1(C)C(=O)N(Cc2ccccc2)c2ccccc21. The highest BCUT2D eigenvalue weighted by Gasteiger charge is 2.46. The molecule has 1 amide bonds. The van der Waals surface area contributed by atoms with E-state index in [-0.39, 0.29) is 5.91 Å². The average molecular weight is 277 g/mol. The number of para-hydroxylation sites is 1. The summed E-state index contributed by atoms with van der Waals surface area (Å²) in [5.41, 5.74) is 2.78. The number of hydrogen-bond acceptors (Lipinski definition) is 1. The number of benzene rings is 2. The Morgan fingerprint density at radius 3 is 2.48 bits per heavy atom. The lowest BCUT2D eigenvalue weighted by Crippen LogP contribution is -2.37. The topological polar surface area (TPSA) is 20.3 Å². The van der Waals surface area contributed by atoms with E-state index in [2.05, 4.69) is 24.8 Å². The lowest BCUT2D eigenvalue weighted by atomic mass is 9.81. The smallest absolute Gasteiger partial charge is 0.238 e. The minimum absolute atomic E-state index is 0.160. The van der Waals surface area contributed by atoms with Crippen molar-refractivity contribution in [1.82, 2.24) is 0 Å². The molecule has 2 aromatic carbocycles. The standard InChI is InChI=1S/C19H19NO/c1-3-13-19(2)16-11-7-8-12-17(16)20(18(19)21)14-15-9-5-4-6-10-15/h3-12H,1,13-14H2,2H3. The quantitative estimate of drug-likeness (QED) is 0.771. The zero-order valence-electron chi connectivity index (χ0n) is 12.3. The Bertz CT molecular complexity index is 677. The number of carbonyl (C=O) groups is 1. The van der Waals surface area contributed by atoms with E-state index in [1.807, 2.05) is 54.3 Å². The summed E-state index contributed by atoms with van der Waals surface area (Å²) in [5, 5.41) is 0. The molecule has 0 saturated heterocycles. The molecule has 1 atom stereocenters. The summed E-state index contributed by atoms with van der Waals surface area (Å²) < 4.78 is 0. The third-order valence-electron chi connectivity index (χ3n) is 4.24. The molecule has 0 spiro atoms. The lowest BCUT2D eigenvalue weighted by Gasteiger charge is -2.23. The van der Waals surface area contributed by atoms with Crippen molar-refractivity contribution in [2.24, 2.45) is 0 Å². The molecule has 3 rings (SSSR count). The number of nitrogens with zero attached hydrogens (tertiary/aromatic N) is 1. The minimum atomic E-state index is -0.493. The molecular formula is C19H19NO. The highest BCUT2D eigenvalue weighted by atomic mass is 16.2. The van der Waals surface area contributed by atoms with Crippen molar-refractivity contribution in [3.8, 4) is 0 Å². The van der Waals surface area contributed by atoms with Crippen molar-refractivity contribution in [1.29, 1.82) is 0 Å². The van der Waals surface area contributed by atoms with Crippen LogP contribution in [0.5, 0.6) is 0 Å². The van der Waals surface area contributed by atoms with Crippen LogP contribution >= 0.6 is 0 Å². The van der Waals surface area contributed by atoms with Gasteiger partial charge in [0, 0.05) is 5.69 Å². The van der Waals surface area contributed by atoms with Crippen LogP contribution in [0, 0.1) is 0 Å². The Kier molecular flexibility index (Phi) is 3.38. The van der Waals surface area contributed by atoms with Gasteiger partial charge in [-0.25, -0.2) is 0 Å². The van der Waals surface area contributed by atoms with E-state index in [4.69, 9.17) is 0 Å². The molecule has 21 heavy (non-hydrogen) atoms. The molecule has 0 saturated carbocycles. The minimum Gasteiger partial charge on any atom is -0.307 e. The zero-order valence-corrected chi connectivity index (χ0v) is 12.3. The molecule has 1 unspecified atom stereocenters. The van der Waals surface area contributed by atoms with E-state index in [9.17, 15) is 4.79 Å². The summed E-state index contributed by atoms with van der Waals surface area (Å²) in [7, 11) is 0. The second-order valence-electron chi connectivity index (χ2n) is 5.72. The summed E-state index contributed by atoms with van der Waals surface area (Å²) in [5.74, 6) is 0.160. The van der Waals surface area contributed by atoms with Gasteiger partial charge in [-0.1, -0.05) is 54.6 Å². The summed E-state index contributed by atoms with van der Waals surface area (Å²) >= 11 is 0. The number of amides is 1. The van der Waals surface area contributed by atoms with Crippen LogP contribution < -0.4 is 4.90 Å². The molecule has 2 heteroatoms. The third kappa shape index (κ3) is 2.17. The molecular weight excluding hydrogens is 258 g/mol. The number of anilines is 1. The van der Waals surface area contributed by atoms with Gasteiger partial charge in [-0.15, -0.1) is 6.58 Å². The number of allylic oxidation sites excluding steroid dienone is 1. The number of hydrogen-bond donors (Lipinski definition) is 0. The van der Waals surface area contributed by atoms with Crippen molar-refractivity contribution in [2.75, 3.05) is 4.90 Å². The highest BCUT2D eigenvalue weighted by Crippen LogP contribution is 2.44. The van der Waals surface area contributed by atoms with E-state index in [0.29, 0.717) is 13.0 Å². The molecule has 1 heterocycles. The summed E-state index contributed by atoms with van der Waals surface area (Å²) in [6.45, 7) is 6.44. The van der Waals surface area contributed by atoms with E-state index in [1.54, 1.807) is 0 Å². The summed E-state index contributed by atoms with van der Waals surface area (Å²) in [4.78, 5) is 14.9. The maximum absolute atomic E-state index is 13.0. The Morgan fingerprint density at radius 1 is 1.10 bits per heavy atom. The van der Waals surface area contributed by atoms with Gasteiger partial charge in [0.05, 0.1) is 12.0 Å². The van der Waals surface area contributed by atoms with Gasteiger partial charge in [0.2, 0.25) is 5.91 Å². The highest BCUT2D eigenvalue weighted by molar-refractivity contribution is 6.07. The summed E-state index contributed by atoms with van der Waals surface area (Å²) in [6, 6.07) is 18.2. The molecule has 2 aromatic rings. The molecule has 0 aromatic heterocycles. The van der Waals surface area contributed by atoms with Gasteiger partial charge >= 0.3 is 0 Å². The van der Waals surface area contributed by atoms with Crippen LogP contribution in [0.3, 0.4) is 0 Å². The third-order valence-corrected chi connectivity index (χ3v) is 4.24. The van der Waals surface area contributed by atoms with Crippen molar-refractivity contribution in [3.05, 3.63) is 78.4 Å². The fraction of sp³-hybridized carbons (Fsp3) is 0.211. The van der Waals surface area contributed by atoms with Gasteiger partial charge in [-0.3, -0.25) is 4.79 Å². The van der Waals surface area contributed by atoms with Crippen LogP contribution in [0.1, 0.15) is 24.5 Å². The first kappa shape index (κ1) is 13.6. The van der Waals surface area contributed by atoms with Gasteiger partial charge in [0.15, 0.2) is 0 Å². The lowest BCUT2D eigenvalue weighted by molar-refractivity contribution is -0.122. The fourth-order valence-corrected chi connectivity index (χ4v) is 3.11. The zero-order chi connectivity index (χ0) is 14.9. The van der Waals surface area contributed by atoms with Crippen LogP contribution in [0.4, 0.5) is 5.69 Å². The van der Waals surface area contributed by atoms with Crippen LogP contribution in [0.15, 0.2) is 67.3 Å². The van der Waals surface area contributed by atoms with Crippen LogP contribution in [-0.4, -0.2) is 5.91 Å². The number of fused-ring (bicyclic) bond motifs is 1. The normalized spacial score (nSPS) is 20.4. The van der Waals surface area contributed by atoms with E-state index in [1.165, 1.54) is 0 Å². The fourth-order valence-electron chi connectivity index (χ4n) is 3.11. The predicted molar refractivity (Wildman–Crippen MR) is 86.2 cm³/mol. The Labute approximate surface area is 125 Å². The molecule has 2 nitrogen and oxygen atoms in total. The van der Waals surface area contributed by atoms with Gasteiger partial charge < -0.3 is 4.90 Å². The molecule has 0 N–H and O–H groups in total. The molecule has 0 aliphatic carbocycles. The largest absolute Gasteiger partial charge is 0.307 e. The van der Waals surface area contributed by atoms with Gasteiger partial charge in [-0.05, 0) is 30.5 Å². The van der Waals surface area contributed by atoms with E-state index >= 15 is 0 Å². The second kappa shape index (κ2) is 5.21. The average Bonchev–Trinajstić information content (AvgIpc) is 2.72. The molecule has 1 aliphatic rings. The van der Waals surface area contributed by atoms with Crippen molar-refractivity contribution >= 4 is 11.6 Å². The monoisotopic (exact) mass is 277 g/mol. The van der Waals surface area contributed by atoms with Crippen LogP contribution in [0.25, 0.3) is 0 Å². The molecule has 0 bridgehead atoms. The molecule has 0 radical (unpaired) electrons. The predicted octanol–water partition coefficient (Wildman–Crippen LogP) is 4.07. The van der Waals surface area contributed by atoms with Crippen LogP contribution in [-0.2, 0) is 16.8 Å². The number of rotatable bonds is 4. The summed E-state index contributed by atoms with van der Waals surface area (Å²) in [6.07, 6.45) is 2.49. The first-order valence-electron chi connectivity index (χ1n) is 7.23. The van der Waals surface area contributed by atoms with Gasteiger partial charge in [0.1, 0.15) is 0 Å². The maximum Gasteiger partial charge on any atom is 0.238 e. The molecule has 0 fully saturated rings. The van der Waals surface area contributed by atoms with Gasteiger partial charge in [0.25, 0.3) is 0 Å².